The van der Waals surface area contributed by atoms with E-state index in [-0.39, 0.29) is 0 Å². The van der Waals surface area contributed by atoms with Crippen LogP contribution in [0, 0.1) is 6.92 Å². The first-order chi connectivity index (χ1) is 11.8. The minimum Gasteiger partial charge on any atom is -0.341 e. The molecule has 4 rings (SSSR count). The molecule has 2 saturated heterocycles. The van der Waals surface area contributed by atoms with Gasteiger partial charge in [0.2, 0.25) is 29.4 Å². The molecule has 0 aliphatic carbocycles. The number of piperidine rings is 2. The average molecular weight is 329 g/mol. The summed E-state index contributed by atoms with van der Waals surface area (Å²) in [6, 6.07) is 0. The van der Waals surface area contributed by atoms with Gasteiger partial charge in [0.15, 0.2) is 0 Å². The second-order valence-corrected chi connectivity index (χ2v) is 6.49. The van der Waals surface area contributed by atoms with E-state index < -0.39 is 0 Å². The second kappa shape index (κ2) is 6.70. The Labute approximate surface area is 141 Å². The number of anilines is 2. The molecule has 0 aromatic carbocycles. The fourth-order valence-electron chi connectivity index (χ4n) is 3.31. The van der Waals surface area contributed by atoms with Gasteiger partial charge in [-0.2, -0.15) is 19.9 Å². The molecular formula is C16H23N7O. The molecule has 2 aromatic rings. The smallest absolute Gasteiger partial charge is 0.240 e. The maximum absolute atomic E-state index is 5.10. The molecule has 2 aromatic heterocycles. The van der Waals surface area contributed by atoms with Gasteiger partial charge in [-0.15, -0.1) is 0 Å². The topological polar surface area (TPSA) is 84.1 Å². The Morgan fingerprint density at radius 1 is 0.667 bits per heavy atom. The van der Waals surface area contributed by atoms with Crippen LogP contribution >= 0.6 is 0 Å². The normalized spacial score (nSPS) is 18.9. The van der Waals surface area contributed by atoms with Gasteiger partial charge in [-0.1, -0.05) is 5.16 Å². The van der Waals surface area contributed by atoms with Crippen LogP contribution in [-0.2, 0) is 0 Å². The van der Waals surface area contributed by atoms with Gasteiger partial charge < -0.3 is 14.3 Å². The highest BCUT2D eigenvalue weighted by Gasteiger charge is 2.22. The van der Waals surface area contributed by atoms with Crippen LogP contribution < -0.4 is 9.80 Å². The van der Waals surface area contributed by atoms with Crippen LogP contribution in [0.3, 0.4) is 0 Å². The fourth-order valence-corrected chi connectivity index (χ4v) is 3.31. The van der Waals surface area contributed by atoms with E-state index >= 15 is 0 Å². The number of nitrogens with zero attached hydrogens (tertiary/aromatic N) is 7. The van der Waals surface area contributed by atoms with Crippen molar-refractivity contribution in [2.24, 2.45) is 0 Å². The van der Waals surface area contributed by atoms with Gasteiger partial charge in [0, 0.05) is 33.1 Å². The zero-order valence-electron chi connectivity index (χ0n) is 14.1. The van der Waals surface area contributed by atoms with E-state index in [0.717, 1.165) is 38.1 Å². The van der Waals surface area contributed by atoms with Crippen LogP contribution in [0.5, 0.6) is 0 Å². The SMILES string of the molecule is Cc1nc(-c2nc(N3CCCCC3)nc(N3CCCCC3)n2)no1. The molecule has 0 saturated carbocycles. The maximum Gasteiger partial charge on any atom is 0.240 e. The first kappa shape index (κ1) is 15.3. The molecule has 2 aliphatic rings. The largest absolute Gasteiger partial charge is 0.341 e. The van der Waals surface area contributed by atoms with Crippen molar-refractivity contribution in [2.45, 2.75) is 45.4 Å². The Bertz CT molecular complexity index is 653. The van der Waals surface area contributed by atoms with Crippen LogP contribution in [0.1, 0.15) is 44.4 Å². The van der Waals surface area contributed by atoms with Crippen molar-refractivity contribution in [3.63, 3.8) is 0 Å². The molecule has 0 unspecified atom stereocenters. The van der Waals surface area contributed by atoms with E-state index in [0.29, 0.717) is 17.5 Å². The van der Waals surface area contributed by atoms with Crippen molar-refractivity contribution in [1.29, 1.82) is 0 Å². The van der Waals surface area contributed by atoms with E-state index in [1.165, 1.54) is 38.5 Å². The van der Waals surface area contributed by atoms with Gasteiger partial charge in [0.05, 0.1) is 0 Å². The number of hydrogen-bond acceptors (Lipinski definition) is 8. The molecule has 8 nitrogen and oxygen atoms in total. The minimum atomic E-state index is 0.436. The predicted octanol–water partition coefficient (Wildman–Crippen LogP) is 2.21. The Morgan fingerprint density at radius 2 is 1.21 bits per heavy atom. The standard InChI is InChI=1S/C16H23N7O/c1-12-17-14(21-24-12)13-18-15(22-8-4-2-5-9-22)20-16(19-13)23-10-6-3-7-11-23/h2-11H2,1H3. The first-order valence-electron chi connectivity index (χ1n) is 8.86. The number of rotatable bonds is 3. The number of aromatic nitrogens is 5. The maximum atomic E-state index is 5.10. The highest BCUT2D eigenvalue weighted by Crippen LogP contribution is 2.23. The van der Waals surface area contributed by atoms with Gasteiger partial charge in [0.25, 0.3) is 0 Å². The van der Waals surface area contributed by atoms with Gasteiger partial charge in [-0.05, 0) is 38.5 Å². The van der Waals surface area contributed by atoms with Gasteiger partial charge in [-0.25, -0.2) is 0 Å². The van der Waals surface area contributed by atoms with E-state index in [9.17, 15) is 0 Å². The molecule has 4 heterocycles. The third-order valence-electron chi connectivity index (χ3n) is 4.62. The molecule has 24 heavy (non-hydrogen) atoms. The number of hydrogen-bond donors (Lipinski definition) is 0. The lowest BCUT2D eigenvalue weighted by atomic mass is 10.1. The lowest BCUT2D eigenvalue weighted by Crippen LogP contribution is -2.34. The van der Waals surface area contributed by atoms with E-state index in [1.807, 2.05) is 0 Å². The quantitative estimate of drug-likeness (QED) is 0.847. The summed E-state index contributed by atoms with van der Waals surface area (Å²) < 4.78 is 5.10. The van der Waals surface area contributed by atoms with Crippen molar-refractivity contribution in [1.82, 2.24) is 25.1 Å². The summed E-state index contributed by atoms with van der Waals surface area (Å²) in [6.07, 6.45) is 7.28. The molecule has 0 atom stereocenters. The van der Waals surface area contributed by atoms with E-state index in [2.05, 4.69) is 29.9 Å². The summed E-state index contributed by atoms with van der Waals surface area (Å²) in [5, 5.41) is 3.98. The van der Waals surface area contributed by atoms with Crippen LogP contribution in [0.4, 0.5) is 11.9 Å². The summed E-state index contributed by atoms with van der Waals surface area (Å²) in [6.45, 7) is 5.75. The van der Waals surface area contributed by atoms with Crippen molar-refractivity contribution in [2.75, 3.05) is 36.0 Å². The lowest BCUT2D eigenvalue weighted by Gasteiger charge is -2.30. The minimum absolute atomic E-state index is 0.436. The third-order valence-corrected chi connectivity index (χ3v) is 4.62. The van der Waals surface area contributed by atoms with E-state index in [4.69, 9.17) is 9.51 Å². The molecule has 128 valence electrons. The molecule has 0 N–H and O–H groups in total. The van der Waals surface area contributed by atoms with Gasteiger partial charge in [0.1, 0.15) is 0 Å². The fraction of sp³-hybridized carbons (Fsp3) is 0.688. The summed E-state index contributed by atoms with van der Waals surface area (Å²) >= 11 is 0. The van der Waals surface area contributed by atoms with Crippen LogP contribution in [0.2, 0.25) is 0 Å². The Morgan fingerprint density at radius 3 is 1.67 bits per heavy atom. The van der Waals surface area contributed by atoms with Crippen molar-refractivity contribution in [3.05, 3.63) is 5.89 Å². The van der Waals surface area contributed by atoms with Gasteiger partial charge >= 0.3 is 0 Å². The summed E-state index contributed by atoms with van der Waals surface area (Å²) in [4.78, 5) is 22.8. The summed E-state index contributed by atoms with van der Waals surface area (Å²) in [5.41, 5.74) is 0. The van der Waals surface area contributed by atoms with E-state index in [1.54, 1.807) is 6.92 Å². The lowest BCUT2D eigenvalue weighted by molar-refractivity contribution is 0.394. The Balaban J connectivity index is 1.71. The monoisotopic (exact) mass is 329 g/mol. The van der Waals surface area contributed by atoms with Crippen LogP contribution in [0.15, 0.2) is 4.52 Å². The zero-order chi connectivity index (χ0) is 16.4. The first-order valence-corrected chi connectivity index (χ1v) is 8.86. The Hall–Kier alpha value is -2.25. The highest BCUT2D eigenvalue weighted by molar-refractivity contribution is 5.51. The van der Waals surface area contributed by atoms with Crippen LogP contribution in [-0.4, -0.2) is 51.3 Å². The van der Waals surface area contributed by atoms with Crippen molar-refractivity contribution < 1.29 is 4.52 Å². The van der Waals surface area contributed by atoms with Crippen molar-refractivity contribution in [3.8, 4) is 11.6 Å². The second-order valence-electron chi connectivity index (χ2n) is 6.49. The average Bonchev–Trinajstić information content (AvgIpc) is 3.09. The molecule has 0 radical (unpaired) electrons. The van der Waals surface area contributed by atoms with Crippen LogP contribution in [0.25, 0.3) is 11.6 Å². The third kappa shape index (κ3) is 3.18. The summed E-state index contributed by atoms with van der Waals surface area (Å²) in [7, 11) is 0. The Kier molecular flexibility index (Phi) is 4.27. The predicted molar refractivity (Wildman–Crippen MR) is 90.0 cm³/mol. The molecule has 2 fully saturated rings. The molecule has 0 spiro atoms. The zero-order valence-corrected chi connectivity index (χ0v) is 14.1. The molecule has 2 aliphatic heterocycles. The molecular weight excluding hydrogens is 306 g/mol. The highest BCUT2D eigenvalue weighted by atomic mass is 16.5. The van der Waals surface area contributed by atoms with Gasteiger partial charge in [-0.3, -0.25) is 0 Å². The molecule has 0 bridgehead atoms. The molecule has 8 heteroatoms. The summed E-state index contributed by atoms with van der Waals surface area (Å²) in [5.74, 6) is 2.93. The molecule has 0 amide bonds. The van der Waals surface area contributed by atoms with Crippen molar-refractivity contribution >= 4 is 11.9 Å². The number of aryl methyl sites for hydroxylation is 1.